The zero-order chi connectivity index (χ0) is 14.7. The molecule has 0 aliphatic carbocycles. The number of carbonyl (C=O) groups excluding carboxylic acids is 1. The summed E-state index contributed by atoms with van der Waals surface area (Å²) >= 11 is 0. The monoisotopic (exact) mass is 276 g/mol. The van der Waals surface area contributed by atoms with Crippen LogP contribution in [0.1, 0.15) is 29.0 Å². The molecular weight excluding hydrogens is 256 g/mol. The maximum absolute atomic E-state index is 12.1. The number of rotatable bonds is 5. The van der Waals surface area contributed by atoms with Gasteiger partial charge in [0, 0.05) is 44.4 Å². The largest absolute Gasteiger partial charge is 0.361 e. The first-order valence-corrected chi connectivity index (χ1v) is 6.60. The standard InChI is InChI=1S/C14H20N4O2/c1-10-13(11(2)20-16-10)5-6-14(19)17(3)8-12-7-15-18(4)9-12/h7,9H,5-6,8H2,1-4H3. The Balaban J connectivity index is 1.88. The maximum atomic E-state index is 12.1. The molecule has 0 aliphatic heterocycles. The van der Waals surface area contributed by atoms with Gasteiger partial charge < -0.3 is 9.42 Å². The summed E-state index contributed by atoms with van der Waals surface area (Å²) in [4.78, 5) is 13.8. The molecule has 0 N–H and O–H groups in total. The highest BCUT2D eigenvalue weighted by Gasteiger charge is 2.14. The average molecular weight is 276 g/mol. The predicted octanol–water partition coefficient (Wildman–Crippen LogP) is 1.62. The van der Waals surface area contributed by atoms with Crippen LogP contribution in [0.4, 0.5) is 0 Å². The second-order valence-electron chi connectivity index (χ2n) is 5.07. The molecule has 2 heterocycles. The summed E-state index contributed by atoms with van der Waals surface area (Å²) in [6.07, 6.45) is 4.81. The number of carbonyl (C=O) groups is 1. The van der Waals surface area contributed by atoms with Crippen molar-refractivity contribution in [2.75, 3.05) is 7.05 Å². The number of aromatic nitrogens is 3. The van der Waals surface area contributed by atoms with Crippen molar-refractivity contribution in [1.29, 1.82) is 0 Å². The van der Waals surface area contributed by atoms with Crippen LogP contribution in [0.25, 0.3) is 0 Å². The lowest BCUT2D eigenvalue weighted by Gasteiger charge is -2.16. The third-order valence-corrected chi connectivity index (χ3v) is 3.37. The smallest absolute Gasteiger partial charge is 0.222 e. The Morgan fingerprint density at radius 3 is 2.75 bits per heavy atom. The number of nitrogens with zero attached hydrogens (tertiary/aromatic N) is 4. The molecule has 0 aliphatic rings. The zero-order valence-electron chi connectivity index (χ0n) is 12.4. The van der Waals surface area contributed by atoms with Gasteiger partial charge in [-0.05, 0) is 20.3 Å². The van der Waals surface area contributed by atoms with Gasteiger partial charge in [-0.15, -0.1) is 0 Å². The van der Waals surface area contributed by atoms with E-state index in [2.05, 4.69) is 10.3 Å². The Hall–Kier alpha value is -2.11. The quantitative estimate of drug-likeness (QED) is 0.832. The van der Waals surface area contributed by atoms with Crippen molar-refractivity contribution < 1.29 is 9.32 Å². The predicted molar refractivity (Wildman–Crippen MR) is 74.0 cm³/mol. The molecule has 0 saturated heterocycles. The molecule has 2 rings (SSSR count). The van der Waals surface area contributed by atoms with E-state index in [1.807, 2.05) is 34.1 Å². The lowest BCUT2D eigenvalue weighted by molar-refractivity contribution is -0.130. The van der Waals surface area contributed by atoms with Gasteiger partial charge in [0.1, 0.15) is 5.76 Å². The molecule has 2 aromatic rings. The van der Waals surface area contributed by atoms with Gasteiger partial charge in [-0.25, -0.2) is 0 Å². The fourth-order valence-electron chi connectivity index (χ4n) is 2.20. The van der Waals surface area contributed by atoms with E-state index in [1.165, 1.54) is 0 Å². The molecule has 0 unspecified atom stereocenters. The minimum Gasteiger partial charge on any atom is -0.361 e. The van der Waals surface area contributed by atoms with Crippen molar-refractivity contribution in [3.63, 3.8) is 0 Å². The molecule has 0 saturated carbocycles. The van der Waals surface area contributed by atoms with Crippen molar-refractivity contribution in [1.82, 2.24) is 19.8 Å². The Kier molecular flexibility index (Phi) is 4.22. The summed E-state index contributed by atoms with van der Waals surface area (Å²) < 4.78 is 6.83. The van der Waals surface area contributed by atoms with Crippen molar-refractivity contribution in [3.05, 3.63) is 35.0 Å². The molecule has 0 aromatic carbocycles. The molecule has 0 spiro atoms. The first-order valence-electron chi connectivity index (χ1n) is 6.60. The molecule has 1 amide bonds. The van der Waals surface area contributed by atoms with Crippen molar-refractivity contribution >= 4 is 5.91 Å². The van der Waals surface area contributed by atoms with Crippen LogP contribution < -0.4 is 0 Å². The van der Waals surface area contributed by atoms with Crippen LogP contribution in [0.15, 0.2) is 16.9 Å². The molecule has 108 valence electrons. The fourth-order valence-corrected chi connectivity index (χ4v) is 2.20. The molecule has 0 atom stereocenters. The number of hydrogen-bond donors (Lipinski definition) is 0. The molecule has 20 heavy (non-hydrogen) atoms. The minimum atomic E-state index is 0.105. The highest BCUT2D eigenvalue weighted by molar-refractivity contribution is 5.76. The van der Waals surface area contributed by atoms with Gasteiger partial charge in [-0.2, -0.15) is 5.10 Å². The highest BCUT2D eigenvalue weighted by atomic mass is 16.5. The van der Waals surface area contributed by atoms with E-state index in [0.717, 1.165) is 22.6 Å². The summed E-state index contributed by atoms with van der Waals surface area (Å²) in [5.41, 5.74) is 2.93. The Morgan fingerprint density at radius 1 is 1.45 bits per heavy atom. The van der Waals surface area contributed by atoms with Crippen LogP contribution >= 0.6 is 0 Å². The lowest BCUT2D eigenvalue weighted by atomic mass is 10.1. The second kappa shape index (κ2) is 5.90. The lowest BCUT2D eigenvalue weighted by Crippen LogP contribution is -2.26. The fraction of sp³-hybridized carbons (Fsp3) is 0.500. The molecule has 2 aromatic heterocycles. The Bertz CT molecular complexity index is 581. The summed E-state index contributed by atoms with van der Waals surface area (Å²) in [5, 5.41) is 8.00. The summed E-state index contributed by atoms with van der Waals surface area (Å²) in [6.45, 7) is 4.35. The van der Waals surface area contributed by atoms with Crippen LogP contribution in [0.5, 0.6) is 0 Å². The summed E-state index contributed by atoms with van der Waals surface area (Å²) in [6, 6.07) is 0. The third-order valence-electron chi connectivity index (χ3n) is 3.37. The van der Waals surface area contributed by atoms with Gasteiger partial charge >= 0.3 is 0 Å². The summed E-state index contributed by atoms with van der Waals surface area (Å²) in [5.74, 6) is 0.902. The van der Waals surface area contributed by atoms with Gasteiger partial charge in [0.05, 0.1) is 11.9 Å². The van der Waals surface area contributed by atoms with Gasteiger partial charge in [-0.1, -0.05) is 5.16 Å². The topological polar surface area (TPSA) is 64.2 Å². The van der Waals surface area contributed by atoms with Crippen LogP contribution in [-0.2, 0) is 24.8 Å². The molecule has 6 heteroatoms. The van der Waals surface area contributed by atoms with Gasteiger partial charge in [0.25, 0.3) is 0 Å². The molecule has 0 bridgehead atoms. The van der Waals surface area contributed by atoms with Crippen LogP contribution in [0.2, 0.25) is 0 Å². The SMILES string of the molecule is Cc1noc(C)c1CCC(=O)N(C)Cc1cnn(C)c1. The normalized spacial score (nSPS) is 10.8. The van der Waals surface area contributed by atoms with E-state index in [1.54, 1.807) is 15.8 Å². The second-order valence-corrected chi connectivity index (χ2v) is 5.07. The average Bonchev–Trinajstić information content (AvgIpc) is 2.94. The van der Waals surface area contributed by atoms with E-state index in [4.69, 9.17) is 4.52 Å². The van der Waals surface area contributed by atoms with Crippen LogP contribution in [0.3, 0.4) is 0 Å². The Labute approximate surface area is 118 Å². The Morgan fingerprint density at radius 2 is 2.20 bits per heavy atom. The number of aryl methyl sites for hydroxylation is 3. The van der Waals surface area contributed by atoms with E-state index < -0.39 is 0 Å². The van der Waals surface area contributed by atoms with Gasteiger partial charge in [-0.3, -0.25) is 9.48 Å². The van der Waals surface area contributed by atoms with Gasteiger partial charge in [0.15, 0.2) is 0 Å². The molecular formula is C14H20N4O2. The summed E-state index contributed by atoms with van der Waals surface area (Å²) in [7, 11) is 3.67. The minimum absolute atomic E-state index is 0.105. The van der Waals surface area contributed by atoms with Crippen LogP contribution in [-0.4, -0.2) is 32.8 Å². The van der Waals surface area contributed by atoms with E-state index in [0.29, 0.717) is 19.4 Å². The molecule has 6 nitrogen and oxygen atoms in total. The van der Waals surface area contributed by atoms with E-state index in [9.17, 15) is 4.79 Å². The number of amides is 1. The first-order chi connectivity index (χ1) is 9.47. The van der Waals surface area contributed by atoms with E-state index in [-0.39, 0.29) is 5.91 Å². The maximum Gasteiger partial charge on any atom is 0.222 e. The highest BCUT2D eigenvalue weighted by Crippen LogP contribution is 2.15. The van der Waals surface area contributed by atoms with Crippen molar-refractivity contribution in [2.45, 2.75) is 33.2 Å². The first kappa shape index (κ1) is 14.3. The van der Waals surface area contributed by atoms with Crippen molar-refractivity contribution in [3.8, 4) is 0 Å². The zero-order valence-corrected chi connectivity index (χ0v) is 12.4. The molecule has 0 fully saturated rings. The third kappa shape index (κ3) is 3.26. The number of hydrogen-bond acceptors (Lipinski definition) is 4. The van der Waals surface area contributed by atoms with E-state index >= 15 is 0 Å². The van der Waals surface area contributed by atoms with Crippen LogP contribution in [0, 0.1) is 13.8 Å². The molecule has 0 radical (unpaired) electrons. The van der Waals surface area contributed by atoms with Gasteiger partial charge in [0.2, 0.25) is 5.91 Å². The van der Waals surface area contributed by atoms with Crippen molar-refractivity contribution in [2.24, 2.45) is 7.05 Å².